The molecule has 0 aliphatic heterocycles. The van der Waals surface area contributed by atoms with Gasteiger partial charge >= 0.3 is 0 Å². The van der Waals surface area contributed by atoms with Crippen molar-refractivity contribution in [2.75, 3.05) is 0 Å². The van der Waals surface area contributed by atoms with E-state index in [1.807, 2.05) is 64.6 Å². The molecule has 0 spiro atoms. The van der Waals surface area contributed by atoms with E-state index in [0.29, 0.717) is 33.8 Å². The molecule has 6 nitrogen and oxygen atoms in total. The average Bonchev–Trinajstić information content (AvgIpc) is 3.12. The lowest BCUT2D eigenvalue weighted by molar-refractivity contribution is 0.339. The Labute approximate surface area is 195 Å². The van der Waals surface area contributed by atoms with Crippen molar-refractivity contribution in [2.45, 2.75) is 51.6 Å². The third-order valence-corrected chi connectivity index (χ3v) is 7.02. The zero-order chi connectivity index (χ0) is 22.5. The van der Waals surface area contributed by atoms with E-state index >= 15 is 0 Å². The molecule has 5 aromatic rings. The van der Waals surface area contributed by atoms with E-state index in [1.54, 1.807) is 0 Å². The second-order valence-electron chi connectivity index (χ2n) is 8.92. The predicted molar refractivity (Wildman–Crippen MR) is 132 cm³/mol. The monoisotopic (exact) mass is 457 g/mol. The molecule has 33 heavy (non-hydrogen) atoms. The third kappa shape index (κ3) is 3.40. The average molecular weight is 458 g/mol. The first kappa shape index (κ1) is 20.4. The van der Waals surface area contributed by atoms with Crippen molar-refractivity contribution in [2.24, 2.45) is 0 Å². The van der Waals surface area contributed by atoms with Gasteiger partial charge in [-0.2, -0.15) is 0 Å². The van der Waals surface area contributed by atoms with Gasteiger partial charge in [-0.05, 0) is 49.6 Å². The van der Waals surface area contributed by atoms with Crippen molar-refractivity contribution in [3.05, 3.63) is 75.3 Å². The summed E-state index contributed by atoms with van der Waals surface area (Å²) in [4.78, 5) is 28.7. The van der Waals surface area contributed by atoms with Gasteiger partial charge in [-0.1, -0.05) is 55.1 Å². The molecule has 166 valence electrons. The van der Waals surface area contributed by atoms with Gasteiger partial charge in [0.1, 0.15) is 16.7 Å². The summed E-state index contributed by atoms with van der Waals surface area (Å²) in [7, 11) is 0. The van der Waals surface area contributed by atoms with E-state index < -0.39 is 0 Å². The van der Waals surface area contributed by atoms with Crippen LogP contribution in [-0.2, 0) is 6.54 Å². The molecule has 0 bridgehead atoms. The molecule has 0 atom stereocenters. The van der Waals surface area contributed by atoms with Crippen molar-refractivity contribution < 1.29 is 0 Å². The SMILES string of the molecule is Cc1nc2c(c(=O)n1C1CCCCC1)c1nc3ccccc3nc1n2Cc1ccc(Cl)cc1. The van der Waals surface area contributed by atoms with Crippen LogP contribution >= 0.6 is 11.6 Å². The first-order chi connectivity index (χ1) is 16.1. The maximum absolute atomic E-state index is 13.9. The van der Waals surface area contributed by atoms with Crippen LogP contribution in [0.5, 0.6) is 0 Å². The standard InChI is InChI=1S/C26H24ClN5O/c1-16-28-24-22(26(33)32(16)19-7-3-2-4-8-19)23-25(30-21-10-6-5-9-20(21)29-23)31(24)15-17-11-13-18(27)14-12-17/h5-6,9-14,19H,2-4,7-8,15H2,1H3. The van der Waals surface area contributed by atoms with Crippen LogP contribution in [0.25, 0.3) is 33.2 Å². The minimum Gasteiger partial charge on any atom is -0.304 e. The molecule has 1 fully saturated rings. The molecule has 1 saturated carbocycles. The molecule has 0 amide bonds. The molecule has 1 aliphatic carbocycles. The van der Waals surface area contributed by atoms with Crippen LogP contribution in [0.3, 0.4) is 0 Å². The van der Waals surface area contributed by atoms with Gasteiger partial charge in [0.05, 0.1) is 17.6 Å². The number of aryl methyl sites for hydroxylation is 1. The fraction of sp³-hybridized carbons (Fsp3) is 0.308. The van der Waals surface area contributed by atoms with E-state index in [0.717, 1.165) is 48.1 Å². The lowest BCUT2D eigenvalue weighted by Gasteiger charge is -2.25. The summed E-state index contributed by atoms with van der Waals surface area (Å²) in [6.07, 6.45) is 5.57. The zero-order valence-corrected chi connectivity index (χ0v) is 19.2. The number of hydrogen-bond donors (Lipinski definition) is 0. The Balaban J connectivity index is 1.67. The maximum atomic E-state index is 13.9. The summed E-state index contributed by atoms with van der Waals surface area (Å²) < 4.78 is 3.93. The maximum Gasteiger partial charge on any atom is 0.265 e. The highest BCUT2D eigenvalue weighted by atomic mass is 35.5. The summed E-state index contributed by atoms with van der Waals surface area (Å²) in [5, 5.41) is 1.25. The first-order valence-corrected chi connectivity index (χ1v) is 11.9. The fourth-order valence-electron chi connectivity index (χ4n) is 5.17. The van der Waals surface area contributed by atoms with Crippen LogP contribution in [0.1, 0.15) is 49.5 Å². The zero-order valence-electron chi connectivity index (χ0n) is 18.5. The van der Waals surface area contributed by atoms with Crippen molar-refractivity contribution in [1.82, 2.24) is 24.1 Å². The lowest BCUT2D eigenvalue weighted by atomic mass is 9.95. The number of aromatic nitrogens is 5. The minimum absolute atomic E-state index is 0.00571. The van der Waals surface area contributed by atoms with Gasteiger partial charge in [-0.3, -0.25) is 9.36 Å². The molecule has 0 N–H and O–H groups in total. The number of hydrogen-bond acceptors (Lipinski definition) is 4. The Morgan fingerprint density at radius 1 is 0.909 bits per heavy atom. The van der Waals surface area contributed by atoms with E-state index in [9.17, 15) is 4.79 Å². The Kier molecular flexibility index (Phi) is 4.91. The second kappa shape index (κ2) is 7.96. The summed E-state index contributed by atoms with van der Waals surface area (Å²) in [5.41, 5.74) is 4.58. The molecule has 2 aromatic carbocycles. The summed E-state index contributed by atoms with van der Waals surface area (Å²) in [6, 6.07) is 15.7. The number of para-hydroxylation sites is 2. The molecule has 7 heteroatoms. The highest BCUT2D eigenvalue weighted by Gasteiger charge is 2.25. The molecule has 0 saturated heterocycles. The van der Waals surface area contributed by atoms with Crippen LogP contribution < -0.4 is 5.56 Å². The topological polar surface area (TPSA) is 65.6 Å². The van der Waals surface area contributed by atoms with E-state index in [-0.39, 0.29) is 11.6 Å². The Morgan fingerprint density at radius 2 is 1.61 bits per heavy atom. The normalized spacial score (nSPS) is 15.1. The van der Waals surface area contributed by atoms with Gasteiger partial charge in [0.15, 0.2) is 11.3 Å². The van der Waals surface area contributed by atoms with Gasteiger partial charge in [-0.15, -0.1) is 0 Å². The molecule has 6 rings (SSSR count). The quantitative estimate of drug-likeness (QED) is 0.343. The van der Waals surface area contributed by atoms with Crippen LogP contribution in [0.15, 0.2) is 53.3 Å². The number of rotatable bonds is 3. The fourth-order valence-corrected chi connectivity index (χ4v) is 5.29. The van der Waals surface area contributed by atoms with Crippen LogP contribution in [0.2, 0.25) is 5.02 Å². The number of fused-ring (bicyclic) bond motifs is 4. The van der Waals surface area contributed by atoms with Crippen molar-refractivity contribution >= 4 is 44.8 Å². The highest BCUT2D eigenvalue weighted by molar-refractivity contribution is 6.30. The molecular formula is C26H24ClN5O. The van der Waals surface area contributed by atoms with E-state index in [4.69, 9.17) is 26.6 Å². The van der Waals surface area contributed by atoms with Gasteiger partial charge < -0.3 is 4.57 Å². The van der Waals surface area contributed by atoms with Gasteiger partial charge in [0.25, 0.3) is 5.56 Å². The summed E-state index contributed by atoms with van der Waals surface area (Å²) >= 11 is 6.10. The Morgan fingerprint density at radius 3 is 2.33 bits per heavy atom. The first-order valence-electron chi connectivity index (χ1n) is 11.5. The molecule has 0 unspecified atom stereocenters. The second-order valence-corrected chi connectivity index (χ2v) is 9.36. The van der Waals surface area contributed by atoms with Crippen LogP contribution in [0, 0.1) is 6.92 Å². The van der Waals surface area contributed by atoms with Crippen molar-refractivity contribution in [3.63, 3.8) is 0 Å². The van der Waals surface area contributed by atoms with Gasteiger partial charge in [0, 0.05) is 11.1 Å². The van der Waals surface area contributed by atoms with Crippen molar-refractivity contribution in [3.8, 4) is 0 Å². The summed E-state index contributed by atoms with van der Waals surface area (Å²) in [5.74, 6) is 0.754. The number of benzene rings is 2. The molecule has 0 radical (unpaired) electrons. The Bertz CT molecular complexity index is 1560. The van der Waals surface area contributed by atoms with E-state index in [2.05, 4.69) is 0 Å². The minimum atomic E-state index is -0.00571. The van der Waals surface area contributed by atoms with Crippen LogP contribution in [-0.4, -0.2) is 24.1 Å². The Hall–Kier alpha value is -3.25. The largest absolute Gasteiger partial charge is 0.304 e. The number of nitrogens with zero attached hydrogens (tertiary/aromatic N) is 5. The van der Waals surface area contributed by atoms with Crippen molar-refractivity contribution in [1.29, 1.82) is 0 Å². The van der Waals surface area contributed by atoms with Gasteiger partial charge in [0.2, 0.25) is 0 Å². The predicted octanol–water partition coefficient (Wildman–Crippen LogP) is 5.81. The molecule has 3 heterocycles. The number of halogens is 1. The molecule has 1 aliphatic rings. The molecule has 3 aromatic heterocycles. The molecular weight excluding hydrogens is 434 g/mol. The lowest BCUT2D eigenvalue weighted by Crippen LogP contribution is -2.29. The smallest absolute Gasteiger partial charge is 0.265 e. The van der Waals surface area contributed by atoms with E-state index in [1.165, 1.54) is 6.42 Å². The summed E-state index contributed by atoms with van der Waals surface area (Å²) in [6.45, 7) is 2.47. The third-order valence-electron chi connectivity index (χ3n) is 6.77. The van der Waals surface area contributed by atoms with Gasteiger partial charge in [-0.25, -0.2) is 15.0 Å². The van der Waals surface area contributed by atoms with Crippen LogP contribution in [0.4, 0.5) is 0 Å². The highest BCUT2D eigenvalue weighted by Crippen LogP contribution is 2.31.